The summed E-state index contributed by atoms with van der Waals surface area (Å²) < 4.78 is 55.3. The lowest BCUT2D eigenvalue weighted by molar-refractivity contribution is -0.385. The van der Waals surface area contributed by atoms with Gasteiger partial charge in [0.2, 0.25) is 15.2 Å². The third kappa shape index (κ3) is 5.66. The normalized spacial score (nSPS) is 15.6. The molecule has 0 aliphatic carbocycles. The molecular weight excluding hydrogens is 514 g/mol. The lowest BCUT2D eigenvalue weighted by Crippen LogP contribution is -2.35. The zero-order chi connectivity index (χ0) is 25.2. The van der Waals surface area contributed by atoms with Crippen LogP contribution < -0.4 is 4.90 Å². The van der Waals surface area contributed by atoms with Crippen molar-refractivity contribution in [3.05, 3.63) is 70.0 Å². The minimum absolute atomic E-state index is 0.0176. The highest BCUT2D eigenvalue weighted by Gasteiger charge is 2.28. The second-order valence-electron chi connectivity index (χ2n) is 8.04. The average Bonchev–Trinajstić information content (AvgIpc) is 3.12. The summed E-state index contributed by atoms with van der Waals surface area (Å²) in [4.78, 5) is 17.4. The Balaban J connectivity index is 1.45. The van der Waals surface area contributed by atoms with Crippen molar-refractivity contribution in [1.82, 2.24) is 13.7 Å². The average molecular weight is 538 g/mol. The van der Waals surface area contributed by atoms with E-state index in [9.17, 15) is 26.9 Å². The quantitative estimate of drug-likeness (QED) is 0.328. The van der Waals surface area contributed by atoms with Crippen molar-refractivity contribution in [2.75, 3.05) is 37.3 Å². The zero-order valence-corrected chi connectivity index (χ0v) is 21.2. The van der Waals surface area contributed by atoms with Crippen LogP contribution in [0.4, 0.5) is 10.8 Å². The highest BCUT2D eigenvalue weighted by atomic mass is 32.2. The van der Waals surface area contributed by atoms with Gasteiger partial charge in [-0.3, -0.25) is 10.1 Å². The van der Waals surface area contributed by atoms with E-state index in [4.69, 9.17) is 0 Å². The molecule has 0 unspecified atom stereocenters. The maximum Gasteiger partial charge on any atom is 0.273 e. The van der Waals surface area contributed by atoms with Gasteiger partial charge in [0.1, 0.15) is 5.82 Å². The first kappa shape index (κ1) is 25.2. The standard InChI is InChI=1S/C21H23N5O6S3/c1-34(29,30)17-7-9-18(10-8-17)35(31,32)25-12-4-11-24(13-14-25)21-22-20(23-33-21)15-16-5-2-3-6-19(16)26(27)28/h2-3,5-10H,4,11-15H2,1H3. The molecule has 1 saturated heterocycles. The predicted octanol–water partition coefficient (Wildman–Crippen LogP) is 2.34. The molecule has 0 saturated carbocycles. The molecule has 0 spiro atoms. The molecule has 14 heteroatoms. The van der Waals surface area contributed by atoms with E-state index in [0.717, 1.165) is 6.26 Å². The Morgan fingerprint density at radius 3 is 2.34 bits per heavy atom. The van der Waals surface area contributed by atoms with Crippen molar-refractivity contribution in [3.63, 3.8) is 0 Å². The van der Waals surface area contributed by atoms with E-state index in [-0.39, 0.29) is 28.4 Å². The Labute approximate surface area is 207 Å². The largest absolute Gasteiger partial charge is 0.345 e. The van der Waals surface area contributed by atoms with Gasteiger partial charge in [-0.15, -0.1) is 0 Å². The number of sulfonamides is 1. The van der Waals surface area contributed by atoms with Crippen molar-refractivity contribution in [2.45, 2.75) is 22.6 Å². The van der Waals surface area contributed by atoms with Crippen molar-refractivity contribution in [3.8, 4) is 0 Å². The van der Waals surface area contributed by atoms with Gasteiger partial charge >= 0.3 is 0 Å². The molecule has 0 N–H and O–H groups in total. The van der Waals surface area contributed by atoms with E-state index in [1.807, 2.05) is 4.90 Å². The summed E-state index contributed by atoms with van der Waals surface area (Å²) in [5.41, 5.74) is 0.543. The Hall–Kier alpha value is -2.94. The highest BCUT2D eigenvalue weighted by Crippen LogP contribution is 2.25. The van der Waals surface area contributed by atoms with Crippen LogP contribution in [0.1, 0.15) is 17.8 Å². The number of nitrogens with zero attached hydrogens (tertiary/aromatic N) is 5. The van der Waals surface area contributed by atoms with Crippen LogP contribution in [0.2, 0.25) is 0 Å². The fraction of sp³-hybridized carbons (Fsp3) is 0.333. The number of aromatic nitrogens is 2. The number of anilines is 1. The summed E-state index contributed by atoms with van der Waals surface area (Å²) in [6, 6.07) is 11.7. The van der Waals surface area contributed by atoms with Crippen molar-refractivity contribution >= 4 is 42.2 Å². The molecule has 35 heavy (non-hydrogen) atoms. The van der Waals surface area contributed by atoms with Gasteiger partial charge in [-0.2, -0.15) is 8.68 Å². The van der Waals surface area contributed by atoms with Crippen molar-refractivity contribution < 1.29 is 21.8 Å². The van der Waals surface area contributed by atoms with E-state index in [1.165, 1.54) is 46.2 Å². The lowest BCUT2D eigenvalue weighted by atomic mass is 10.1. The number of sulfone groups is 1. The van der Waals surface area contributed by atoms with Crippen molar-refractivity contribution in [2.24, 2.45) is 0 Å². The smallest absolute Gasteiger partial charge is 0.273 e. The number of benzene rings is 2. The van der Waals surface area contributed by atoms with Gasteiger partial charge in [0, 0.05) is 62.0 Å². The van der Waals surface area contributed by atoms with Gasteiger partial charge in [-0.1, -0.05) is 18.2 Å². The van der Waals surface area contributed by atoms with Crippen molar-refractivity contribution in [1.29, 1.82) is 0 Å². The van der Waals surface area contributed by atoms with Gasteiger partial charge in [0.15, 0.2) is 9.84 Å². The minimum Gasteiger partial charge on any atom is -0.345 e. The van der Waals surface area contributed by atoms with Crippen LogP contribution in [0.15, 0.2) is 58.3 Å². The number of nitro benzene ring substituents is 1. The maximum atomic E-state index is 13.1. The van der Waals surface area contributed by atoms with Gasteiger partial charge < -0.3 is 4.90 Å². The Bertz CT molecular complexity index is 1440. The number of hydrogen-bond donors (Lipinski definition) is 0. The molecule has 0 amide bonds. The fourth-order valence-electron chi connectivity index (χ4n) is 3.79. The molecule has 186 valence electrons. The topological polar surface area (TPSA) is 144 Å². The molecular formula is C21H23N5O6S3. The first-order valence-corrected chi connectivity index (χ1v) is 14.8. The van der Waals surface area contributed by atoms with Crippen LogP contribution in [0.25, 0.3) is 0 Å². The van der Waals surface area contributed by atoms with Crippen LogP contribution >= 0.6 is 11.5 Å². The van der Waals surface area contributed by atoms with Crippen LogP contribution in [-0.2, 0) is 26.3 Å². The molecule has 1 aromatic heterocycles. The molecule has 2 heterocycles. The molecule has 3 aromatic rings. The highest BCUT2D eigenvalue weighted by molar-refractivity contribution is 7.90. The molecule has 0 atom stereocenters. The van der Waals surface area contributed by atoms with Crippen LogP contribution in [0, 0.1) is 10.1 Å². The van der Waals surface area contributed by atoms with Gasteiger partial charge in [0.25, 0.3) is 5.69 Å². The summed E-state index contributed by atoms with van der Waals surface area (Å²) >= 11 is 1.18. The van der Waals surface area contributed by atoms with Gasteiger partial charge in [-0.05, 0) is 30.7 Å². The van der Waals surface area contributed by atoms with Crippen LogP contribution in [0.3, 0.4) is 0 Å². The first-order chi connectivity index (χ1) is 16.6. The molecule has 0 bridgehead atoms. The fourth-order valence-corrected chi connectivity index (χ4v) is 6.62. The molecule has 2 aromatic carbocycles. The van der Waals surface area contributed by atoms with E-state index in [2.05, 4.69) is 9.36 Å². The molecule has 11 nitrogen and oxygen atoms in total. The number of hydrogen-bond acceptors (Lipinski definition) is 10. The summed E-state index contributed by atoms with van der Waals surface area (Å²) in [7, 11) is -7.20. The summed E-state index contributed by atoms with van der Waals surface area (Å²) in [6.45, 7) is 1.53. The molecule has 1 aliphatic heterocycles. The SMILES string of the molecule is CS(=O)(=O)c1ccc(S(=O)(=O)N2CCCN(c3nc(Cc4ccccc4[N+](=O)[O-])ns3)CC2)cc1. The predicted molar refractivity (Wildman–Crippen MR) is 131 cm³/mol. The summed E-state index contributed by atoms with van der Waals surface area (Å²) in [5.74, 6) is 0.471. The number of rotatable bonds is 7. The van der Waals surface area contributed by atoms with Crippen LogP contribution in [-0.4, -0.2) is 67.9 Å². The molecule has 0 radical (unpaired) electrons. The summed E-state index contributed by atoms with van der Waals surface area (Å²) in [6.07, 6.45) is 1.87. The molecule has 4 rings (SSSR count). The summed E-state index contributed by atoms with van der Waals surface area (Å²) in [5, 5.41) is 11.9. The maximum absolute atomic E-state index is 13.1. The molecule has 1 aliphatic rings. The number of para-hydroxylation sites is 1. The molecule has 1 fully saturated rings. The first-order valence-electron chi connectivity index (χ1n) is 10.7. The monoisotopic (exact) mass is 537 g/mol. The van der Waals surface area contributed by atoms with E-state index in [0.29, 0.717) is 42.6 Å². The van der Waals surface area contributed by atoms with Crippen LogP contribution in [0.5, 0.6) is 0 Å². The second kappa shape index (κ2) is 9.97. The third-order valence-electron chi connectivity index (χ3n) is 5.61. The second-order valence-corrected chi connectivity index (χ2v) is 12.7. The van der Waals surface area contributed by atoms with E-state index >= 15 is 0 Å². The Morgan fingerprint density at radius 2 is 1.66 bits per heavy atom. The zero-order valence-electron chi connectivity index (χ0n) is 18.8. The van der Waals surface area contributed by atoms with E-state index in [1.54, 1.807) is 18.2 Å². The van der Waals surface area contributed by atoms with E-state index < -0.39 is 24.8 Å². The third-order valence-corrected chi connectivity index (χ3v) is 9.47. The Morgan fingerprint density at radius 1 is 0.971 bits per heavy atom. The lowest BCUT2D eigenvalue weighted by Gasteiger charge is -2.21. The van der Waals surface area contributed by atoms with Gasteiger partial charge in [-0.25, -0.2) is 21.8 Å². The number of nitro groups is 1. The Kier molecular flexibility index (Phi) is 7.17. The minimum atomic E-state index is -3.79. The van der Waals surface area contributed by atoms with Gasteiger partial charge in [0.05, 0.1) is 14.7 Å².